The first-order valence-corrected chi connectivity index (χ1v) is 13.4. The van der Waals surface area contributed by atoms with Gasteiger partial charge in [-0.3, -0.25) is 24.0 Å². The predicted octanol–water partition coefficient (Wildman–Crippen LogP) is -0.128. The fourth-order valence-electron chi connectivity index (χ4n) is 2.53. The molecule has 0 aromatic carbocycles. The van der Waals surface area contributed by atoms with Gasteiger partial charge in [0.15, 0.2) is 0 Å². The number of ether oxygens (including phenoxy) is 1. The van der Waals surface area contributed by atoms with Crippen LogP contribution in [-0.4, -0.2) is 134 Å². The van der Waals surface area contributed by atoms with E-state index in [0.29, 0.717) is 0 Å². The molecule has 46 heavy (non-hydrogen) atoms. The Morgan fingerprint density at radius 2 is 0.565 bits per heavy atom. The standard InChI is InChI=1S/C26H44O20/c1-22(7-27,17(28)29)9-39-41-11-24(3,19(32)33)13-43-45-15-26(5,21(36)37)16-46-44-14-25(4,20(34)35)12-42-40-10-23(2,8-38-6)18(30)31/h27H,7-16H2,1-6H3,(H,28,29)(H,30,31)(H,32,33)(H,34,35)(H,36,37). The Morgan fingerprint density at radius 3 is 0.717 bits per heavy atom. The molecule has 0 saturated heterocycles. The van der Waals surface area contributed by atoms with E-state index in [1.54, 1.807) is 0 Å². The number of aliphatic hydroxyl groups is 1. The van der Waals surface area contributed by atoms with Gasteiger partial charge in [-0.2, -0.15) is 0 Å². The smallest absolute Gasteiger partial charge is 0.314 e. The Hall–Kier alpha value is -3.05. The third-order valence-electron chi connectivity index (χ3n) is 6.75. The topological polar surface area (TPSA) is 290 Å². The van der Waals surface area contributed by atoms with Crippen molar-refractivity contribution >= 4 is 29.8 Å². The molecule has 0 saturated carbocycles. The number of carboxylic acid groups (broad SMARTS) is 5. The Bertz CT molecular complexity index is 1020. The highest BCUT2D eigenvalue weighted by Crippen LogP contribution is 2.25. The number of hydrogen-bond donors (Lipinski definition) is 6. The highest BCUT2D eigenvalue weighted by atomic mass is 17.2. The molecule has 6 N–H and O–H groups in total. The lowest BCUT2D eigenvalue weighted by Crippen LogP contribution is -2.42. The Morgan fingerprint density at radius 1 is 0.391 bits per heavy atom. The number of methoxy groups -OCH3 is 1. The van der Waals surface area contributed by atoms with E-state index in [4.69, 9.17) is 48.9 Å². The maximum Gasteiger partial charge on any atom is 0.314 e. The minimum Gasteiger partial charge on any atom is -0.481 e. The lowest BCUT2D eigenvalue weighted by molar-refractivity contribution is -0.362. The van der Waals surface area contributed by atoms with E-state index in [-0.39, 0.29) is 6.61 Å². The molecule has 0 aliphatic rings. The molecule has 0 amide bonds. The van der Waals surface area contributed by atoms with Crippen molar-refractivity contribution in [3.05, 3.63) is 0 Å². The maximum absolute atomic E-state index is 11.9. The quantitative estimate of drug-likeness (QED) is 0.0357. The van der Waals surface area contributed by atoms with Gasteiger partial charge in [0.1, 0.15) is 79.9 Å². The Balaban J connectivity index is 4.91. The first-order chi connectivity index (χ1) is 21.2. The summed E-state index contributed by atoms with van der Waals surface area (Å²) in [5.74, 6) is -6.89. The van der Waals surface area contributed by atoms with E-state index >= 15 is 0 Å². The van der Waals surface area contributed by atoms with Gasteiger partial charge in [-0.1, -0.05) is 0 Å². The number of aliphatic carboxylic acids is 5. The lowest BCUT2D eigenvalue weighted by Gasteiger charge is -2.27. The van der Waals surface area contributed by atoms with Gasteiger partial charge < -0.3 is 35.4 Å². The van der Waals surface area contributed by atoms with Crippen LogP contribution in [0.15, 0.2) is 0 Å². The van der Waals surface area contributed by atoms with Gasteiger partial charge in [-0.05, 0) is 34.6 Å². The normalized spacial score (nSPS) is 18.2. The van der Waals surface area contributed by atoms with Crippen LogP contribution < -0.4 is 0 Å². The van der Waals surface area contributed by atoms with Crippen LogP contribution >= 0.6 is 0 Å². The number of hydrogen-bond acceptors (Lipinski definition) is 15. The van der Waals surface area contributed by atoms with Crippen LogP contribution in [0, 0.1) is 27.1 Å². The second-order valence-electron chi connectivity index (χ2n) is 12.0. The summed E-state index contributed by atoms with van der Waals surface area (Å²) < 4.78 is 4.85. The third-order valence-corrected chi connectivity index (χ3v) is 6.75. The number of carboxylic acids is 5. The average Bonchev–Trinajstić information content (AvgIpc) is 2.97. The fourth-order valence-corrected chi connectivity index (χ4v) is 2.53. The van der Waals surface area contributed by atoms with Crippen molar-refractivity contribution < 1.29 is 98.4 Å². The molecule has 0 rings (SSSR count). The van der Waals surface area contributed by atoms with Crippen LogP contribution in [-0.2, 0) is 67.8 Å². The van der Waals surface area contributed by atoms with Crippen molar-refractivity contribution in [1.82, 2.24) is 0 Å². The Labute approximate surface area is 263 Å². The molecule has 20 nitrogen and oxygen atoms in total. The fraction of sp³-hybridized carbons (Fsp3) is 0.808. The van der Waals surface area contributed by atoms with E-state index in [2.05, 4.69) is 0 Å². The van der Waals surface area contributed by atoms with Crippen molar-refractivity contribution in [3.8, 4) is 0 Å². The monoisotopic (exact) mass is 676 g/mol. The van der Waals surface area contributed by atoms with Gasteiger partial charge in [0, 0.05) is 7.11 Å². The summed E-state index contributed by atoms with van der Waals surface area (Å²) in [5, 5.41) is 56.4. The predicted molar refractivity (Wildman–Crippen MR) is 145 cm³/mol. The lowest BCUT2D eigenvalue weighted by atomic mass is 9.93. The zero-order valence-electron chi connectivity index (χ0n) is 26.5. The molecule has 0 spiro atoms. The first kappa shape index (κ1) is 43.0. The van der Waals surface area contributed by atoms with Crippen LogP contribution in [0.3, 0.4) is 0 Å². The molecule has 20 heteroatoms. The molecular formula is C26H44O20. The van der Waals surface area contributed by atoms with Crippen molar-refractivity contribution in [2.24, 2.45) is 27.1 Å². The second kappa shape index (κ2) is 18.9. The summed E-state index contributed by atoms with van der Waals surface area (Å²) in [5.41, 5.74) is -8.59. The van der Waals surface area contributed by atoms with Gasteiger partial charge >= 0.3 is 29.8 Å². The molecule has 0 fully saturated rings. The van der Waals surface area contributed by atoms with Crippen LogP contribution in [0.5, 0.6) is 0 Å². The molecule has 268 valence electrons. The van der Waals surface area contributed by atoms with Gasteiger partial charge in [0.05, 0.1) is 13.2 Å². The van der Waals surface area contributed by atoms with Gasteiger partial charge in [0.25, 0.3) is 0 Å². The maximum atomic E-state index is 11.9. The minimum atomic E-state index is -1.84. The zero-order chi connectivity index (χ0) is 35.8. The van der Waals surface area contributed by atoms with Crippen molar-refractivity contribution in [2.75, 3.05) is 73.2 Å². The second-order valence-corrected chi connectivity index (χ2v) is 12.0. The van der Waals surface area contributed by atoms with E-state index in [1.807, 2.05) is 0 Å². The molecule has 0 bridgehead atoms. The summed E-state index contributed by atoms with van der Waals surface area (Å²) in [7, 11) is 1.29. The SMILES string of the molecule is COCC(C)(COOCC(C)(COOCC(C)(COOCC(C)(COOCC(C)(CO)C(=O)O)C(=O)O)C(=O)O)C(=O)O)C(=O)O. The van der Waals surface area contributed by atoms with Crippen LogP contribution in [0.2, 0.25) is 0 Å². The summed E-state index contributed by atoms with van der Waals surface area (Å²) >= 11 is 0. The summed E-state index contributed by atoms with van der Waals surface area (Å²) in [6, 6.07) is 0. The van der Waals surface area contributed by atoms with Crippen molar-refractivity contribution in [1.29, 1.82) is 0 Å². The minimum absolute atomic E-state index is 0.208. The van der Waals surface area contributed by atoms with Crippen LogP contribution in [0.4, 0.5) is 0 Å². The first-order valence-electron chi connectivity index (χ1n) is 13.4. The Kier molecular flexibility index (Phi) is 17.7. The van der Waals surface area contributed by atoms with Crippen molar-refractivity contribution in [2.45, 2.75) is 34.6 Å². The molecule has 0 radical (unpaired) electrons. The molecule has 0 heterocycles. The number of aliphatic hydroxyl groups excluding tert-OH is 1. The molecule has 5 atom stereocenters. The molecular weight excluding hydrogens is 632 g/mol. The highest BCUT2D eigenvalue weighted by molar-refractivity contribution is 5.76. The summed E-state index contributed by atoms with van der Waals surface area (Å²) in [6.45, 7) is 0.0413. The summed E-state index contributed by atoms with van der Waals surface area (Å²) in [6.07, 6.45) is 0. The highest BCUT2D eigenvalue weighted by Gasteiger charge is 2.41. The van der Waals surface area contributed by atoms with E-state index < -0.39 is 116 Å². The average molecular weight is 677 g/mol. The molecule has 5 unspecified atom stereocenters. The largest absolute Gasteiger partial charge is 0.481 e. The molecule has 0 aromatic rings. The van der Waals surface area contributed by atoms with Gasteiger partial charge in [0.2, 0.25) is 0 Å². The molecule has 0 aliphatic heterocycles. The van der Waals surface area contributed by atoms with E-state index in [0.717, 1.165) is 0 Å². The van der Waals surface area contributed by atoms with E-state index in [9.17, 15) is 49.5 Å². The number of carbonyl (C=O) groups is 5. The third kappa shape index (κ3) is 13.4. The molecule has 0 aromatic heterocycles. The van der Waals surface area contributed by atoms with Crippen molar-refractivity contribution in [3.63, 3.8) is 0 Å². The van der Waals surface area contributed by atoms with E-state index in [1.165, 1.54) is 41.7 Å². The van der Waals surface area contributed by atoms with Gasteiger partial charge in [-0.25, -0.2) is 39.1 Å². The molecule has 0 aliphatic carbocycles. The van der Waals surface area contributed by atoms with Gasteiger partial charge in [-0.15, -0.1) is 0 Å². The number of rotatable bonds is 28. The van der Waals surface area contributed by atoms with Crippen LogP contribution in [0.1, 0.15) is 34.6 Å². The van der Waals surface area contributed by atoms with Crippen LogP contribution in [0.25, 0.3) is 0 Å². The summed E-state index contributed by atoms with van der Waals surface area (Å²) in [4.78, 5) is 97.0. The zero-order valence-corrected chi connectivity index (χ0v) is 26.5.